The molecule has 0 spiro atoms. The second-order valence-corrected chi connectivity index (χ2v) is 4.24. The Bertz CT molecular complexity index is 585. The van der Waals surface area contributed by atoms with Crippen LogP contribution in [0.15, 0.2) is 39.5 Å². The van der Waals surface area contributed by atoms with Crippen molar-refractivity contribution in [1.82, 2.24) is 10.6 Å². The van der Waals surface area contributed by atoms with E-state index in [4.69, 9.17) is 4.42 Å². The van der Waals surface area contributed by atoms with Gasteiger partial charge in [0.15, 0.2) is 0 Å². The number of fused-ring (bicyclic) bond motifs is 1. The minimum absolute atomic E-state index is 0.0459. The molecule has 2 N–H and O–H groups in total. The van der Waals surface area contributed by atoms with Crippen LogP contribution in [0, 0.1) is 0 Å². The van der Waals surface area contributed by atoms with Crippen LogP contribution in [0.4, 0.5) is 0 Å². The van der Waals surface area contributed by atoms with Gasteiger partial charge in [-0.3, -0.25) is 0 Å². The van der Waals surface area contributed by atoms with Gasteiger partial charge in [0.2, 0.25) is 0 Å². The van der Waals surface area contributed by atoms with Crippen molar-refractivity contribution in [2.75, 3.05) is 19.6 Å². The van der Waals surface area contributed by atoms with E-state index < -0.39 is 0 Å². The summed E-state index contributed by atoms with van der Waals surface area (Å²) in [5, 5.41) is 7.55. The van der Waals surface area contributed by atoms with Crippen LogP contribution in [-0.4, -0.2) is 19.6 Å². The Morgan fingerprint density at radius 1 is 1.24 bits per heavy atom. The minimum atomic E-state index is -0.245. The zero-order chi connectivity index (χ0) is 11.7. The fraction of sp³-hybridized carbons (Fsp3) is 0.308. The Kier molecular flexibility index (Phi) is 2.66. The van der Waals surface area contributed by atoms with Crippen LogP contribution >= 0.6 is 0 Å². The van der Waals surface area contributed by atoms with Gasteiger partial charge in [0.25, 0.3) is 0 Å². The van der Waals surface area contributed by atoms with E-state index in [1.807, 2.05) is 30.3 Å². The van der Waals surface area contributed by atoms with Crippen molar-refractivity contribution in [3.05, 3.63) is 46.3 Å². The van der Waals surface area contributed by atoms with E-state index in [0.29, 0.717) is 11.1 Å². The van der Waals surface area contributed by atoms with Gasteiger partial charge in [-0.2, -0.15) is 0 Å². The number of piperazine rings is 1. The highest BCUT2D eigenvalue weighted by Crippen LogP contribution is 2.17. The normalized spacial score (nSPS) is 20.6. The van der Waals surface area contributed by atoms with E-state index in [9.17, 15) is 4.79 Å². The summed E-state index contributed by atoms with van der Waals surface area (Å²) >= 11 is 0. The number of hydrogen-bond acceptors (Lipinski definition) is 4. The molecule has 1 saturated heterocycles. The van der Waals surface area contributed by atoms with Crippen molar-refractivity contribution in [3.63, 3.8) is 0 Å². The lowest BCUT2D eigenvalue weighted by Crippen LogP contribution is -2.44. The largest absolute Gasteiger partial charge is 0.422 e. The Labute approximate surface area is 98.6 Å². The van der Waals surface area contributed by atoms with Gasteiger partial charge >= 0.3 is 5.63 Å². The maximum absolute atomic E-state index is 11.9. The molecule has 0 radical (unpaired) electrons. The molecule has 3 rings (SSSR count). The van der Waals surface area contributed by atoms with Crippen LogP contribution in [0.25, 0.3) is 11.0 Å². The van der Waals surface area contributed by atoms with Crippen LogP contribution in [0.3, 0.4) is 0 Å². The summed E-state index contributed by atoms with van der Waals surface area (Å²) in [6, 6.07) is 9.55. The van der Waals surface area contributed by atoms with Crippen molar-refractivity contribution >= 4 is 11.0 Å². The van der Waals surface area contributed by atoms with E-state index in [1.54, 1.807) is 0 Å². The molecule has 0 aliphatic carbocycles. The van der Waals surface area contributed by atoms with Gasteiger partial charge in [-0.05, 0) is 12.1 Å². The van der Waals surface area contributed by atoms with Crippen LogP contribution in [0.2, 0.25) is 0 Å². The van der Waals surface area contributed by atoms with Crippen LogP contribution < -0.4 is 16.3 Å². The average molecular weight is 230 g/mol. The van der Waals surface area contributed by atoms with Gasteiger partial charge in [-0.25, -0.2) is 4.79 Å². The summed E-state index contributed by atoms with van der Waals surface area (Å²) < 4.78 is 5.32. The molecule has 1 aromatic heterocycles. The predicted molar refractivity (Wildman–Crippen MR) is 66.1 cm³/mol. The van der Waals surface area contributed by atoms with Crippen molar-refractivity contribution in [1.29, 1.82) is 0 Å². The fourth-order valence-electron chi connectivity index (χ4n) is 2.19. The number of rotatable bonds is 1. The molecule has 4 heteroatoms. The molecule has 1 atom stereocenters. The summed E-state index contributed by atoms with van der Waals surface area (Å²) in [6.07, 6.45) is 0. The van der Waals surface area contributed by atoms with E-state index in [1.165, 1.54) is 0 Å². The molecule has 0 bridgehead atoms. The third kappa shape index (κ3) is 1.97. The molecule has 1 unspecified atom stereocenters. The van der Waals surface area contributed by atoms with Crippen molar-refractivity contribution < 1.29 is 4.42 Å². The Morgan fingerprint density at radius 3 is 2.94 bits per heavy atom. The van der Waals surface area contributed by atoms with Crippen molar-refractivity contribution in [2.24, 2.45) is 0 Å². The molecular weight excluding hydrogens is 216 g/mol. The molecule has 0 amide bonds. The second kappa shape index (κ2) is 4.31. The zero-order valence-electron chi connectivity index (χ0n) is 9.40. The molecule has 0 saturated carbocycles. The van der Waals surface area contributed by atoms with E-state index in [-0.39, 0.29) is 11.7 Å². The van der Waals surface area contributed by atoms with Crippen molar-refractivity contribution in [3.8, 4) is 0 Å². The minimum Gasteiger partial charge on any atom is -0.422 e. The molecule has 4 nitrogen and oxygen atoms in total. The van der Waals surface area contributed by atoms with Crippen molar-refractivity contribution in [2.45, 2.75) is 6.04 Å². The standard InChI is InChI=1S/C13H14N2O2/c16-13-10(11-8-14-5-6-15-11)7-9-3-1-2-4-12(9)17-13/h1-4,7,11,14-15H,5-6,8H2. The topological polar surface area (TPSA) is 54.3 Å². The quantitative estimate of drug-likeness (QED) is 0.718. The van der Waals surface area contributed by atoms with E-state index in [0.717, 1.165) is 25.0 Å². The number of nitrogens with one attached hydrogen (secondary N) is 2. The van der Waals surface area contributed by atoms with Gasteiger partial charge in [-0.1, -0.05) is 18.2 Å². The first kappa shape index (κ1) is 10.5. The summed E-state index contributed by atoms with van der Waals surface area (Å²) in [5.41, 5.74) is 1.10. The molecule has 1 fully saturated rings. The molecule has 88 valence electrons. The highest BCUT2D eigenvalue weighted by molar-refractivity contribution is 5.76. The third-order valence-electron chi connectivity index (χ3n) is 3.08. The first-order chi connectivity index (χ1) is 8.34. The molecular formula is C13H14N2O2. The summed E-state index contributed by atoms with van der Waals surface area (Å²) in [6.45, 7) is 2.58. The third-order valence-corrected chi connectivity index (χ3v) is 3.08. The van der Waals surface area contributed by atoms with Gasteiger partial charge in [-0.15, -0.1) is 0 Å². The van der Waals surface area contributed by atoms with Crippen LogP contribution in [-0.2, 0) is 0 Å². The molecule has 2 aromatic rings. The SMILES string of the molecule is O=c1oc2ccccc2cc1C1CNCCN1. The predicted octanol–water partition coefficient (Wildman–Crippen LogP) is 1.03. The van der Waals surface area contributed by atoms with Gasteiger partial charge in [0.05, 0.1) is 11.6 Å². The first-order valence-corrected chi connectivity index (χ1v) is 5.81. The highest BCUT2D eigenvalue weighted by Gasteiger charge is 2.18. The monoisotopic (exact) mass is 230 g/mol. The summed E-state index contributed by atoms with van der Waals surface area (Å²) in [4.78, 5) is 11.9. The number of hydrogen-bond donors (Lipinski definition) is 2. The highest BCUT2D eigenvalue weighted by atomic mass is 16.4. The smallest absolute Gasteiger partial charge is 0.341 e. The molecule has 1 aromatic carbocycles. The van der Waals surface area contributed by atoms with Crippen LogP contribution in [0.5, 0.6) is 0 Å². The molecule has 1 aliphatic heterocycles. The maximum atomic E-state index is 11.9. The maximum Gasteiger partial charge on any atom is 0.341 e. The number of para-hydroxylation sites is 1. The van der Waals surface area contributed by atoms with Gasteiger partial charge in [0, 0.05) is 25.0 Å². The zero-order valence-corrected chi connectivity index (χ0v) is 9.40. The number of benzene rings is 1. The summed E-state index contributed by atoms with van der Waals surface area (Å²) in [5.74, 6) is 0. The average Bonchev–Trinajstić information content (AvgIpc) is 2.39. The van der Waals surface area contributed by atoms with Gasteiger partial charge < -0.3 is 15.1 Å². The Hall–Kier alpha value is -1.65. The summed E-state index contributed by atoms with van der Waals surface area (Å²) in [7, 11) is 0. The first-order valence-electron chi connectivity index (χ1n) is 5.81. The van der Waals surface area contributed by atoms with E-state index in [2.05, 4.69) is 10.6 Å². The van der Waals surface area contributed by atoms with Gasteiger partial charge in [0.1, 0.15) is 5.58 Å². The lowest BCUT2D eigenvalue weighted by molar-refractivity contribution is 0.415. The Balaban J connectivity index is 2.09. The fourth-order valence-corrected chi connectivity index (χ4v) is 2.19. The lowest BCUT2D eigenvalue weighted by Gasteiger charge is -2.23. The molecule has 17 heavy (non-hydrogen) atoms. The second-order valence-electron chi connectivity index (χ2n) is 4.24. The Morgan fingerprint density at radius 2 is 2.12 bits per heavy atom. The van der Waals surface area contributed by atoms with Crippen LogP contribution in [0.1, 0.15) is 11.6 Å². The lowest BCUT2D eigenvalue weighted by atomic mass is 10.1. The molecule has 2 heterocycles. The van der Waals surface area contributed by atoms with E-state index >= 15 is 0 Å². The molecule has 1 aliphatic rings.